The molecule has 0 fully saturated rings. The standard InChI is InChI=1S/C16H18ClNO/c1-11-4-9-15(17)16(10-11)19-14-7-5-13(6-8-14)12(2)18-3/h4-10,12,18H,1-3H3. The zero-order valence-electron chi connectivity index (χ0n) is 11.4. The van der Waals surface area contributed by atoms with Crippen molar-refractivity contribution in [1.82, 2.24) is 5.32 Å². The van der Waals surface area contributed by atoms with Crippen molar-refractivity contribution in [2.75, 3.05) is 7.05 Å². The average molecular weight is 276 g/mol. The van der Waals surface area contributed by atoms with Crippen molar-refractivity contribution < 1.29 is 4.74 Å². The van der Waals surface area contributed by atoms with Gasteiger partial charge in [0, 0.05) is 6.04 Å². The first-order valence-corrected chi connectivity index (χ1v) is 6.69. The maximum Gasteiger partial charge on any atom is 0.146 e. The summed E-state index contributed by atoms with van der Waals surface area (Å²) in [5, 5.41) is 3.83. The summed E-state index contributed by atoms with van der Waals surface area (Å²) in [6, 6.07) is 14.1. The Bertz CT molecular complexity index is 551. The lowest BCUT2D eigenvalue weighted by Gasteiger charge is -2.12. The fraction of sp³-hybridized carbons (Fsp3) is 0.250. The Balaban J connectivity index is 2.17. The highest BCUT2D eigenvalue weighted by atomic mass is 35.5. The van der Waals surface area contributed by atoms with Gasteiger partial charge in [-0.3, -0.25) is 0 Å². The molecule has 0 aliphatic carbocycles. The molecule has 0 bridgehead atoms. The third-order valence-corrected chi connectivity index (χ3v) is 3.44. The van der Waals surface area contributed by atoms with Crippen LogP contribution >= 0.6 is 11.6 Å². The highest BCUT2D eigenvalue weighted by Gasteiger charge is 2.05. The van der Waals surface area contributed by atoms with E-state index in [2.05, 4.69) is 24.4 Å². The molecule has 0 aliphatic rings. The van der Waals surface area contributed by atoms with Crippen molar-refractivity contribution in [3.8, 4) is 11.5 Å². The molecule has 2 nitrogen and oxygen atoms in total. The van der Waals surface area contributed by atoms with E-state index in [1.807, 2.05) is 44.3 Å². The quantitative estimate of drug-likeness (QED) is 0.872. The maximum absolute atomic E-state index is 6.12. The second-order valence-electron chi connectivity index (χ2n) is 4.62. The lowest BCUT2D eigenvalue weighted by atomic mass is 10.1. The van der Waals surface area contributed by atoms with E-state index >= 15 is 0 Å². The first kappa shape index (κ1) is 13.9. The lowest BCUT2D eigenvalue weighted by molar-refractivity contribution is 0.482. The zero-order valence-corrected chi connectivity index (χ0v) is 12.2. The van der Waals surface area contributed by atoms with E-state index < -0.39 is 0 Å². The van der Waals surface area contributed by atoms with Crippen LogP contribution < -0.4 is 10.1 Å². The molecule has 0 aromatic heterocycles. The monoisotopic (exact) mass is 275 g/mol. The number of ether oxygens (including phenoxy) is 1. The summed E-state index contributed by atoms with van der Waals surface area (Å²) >= 11 is 6.12. The van der Waals surface area contributed by atoms with Gasteiger partial charge in [0.2, 0.25) is 0 Å². The third kappa shape index (κ3) is 3.49. The molecule has 100 valence electrons. The predicted octanol–water partition coefficient (Wildman–Crippen LogP) is 4.72. The lowest BCUT2D eigenvalue weighted by Crippen LogP contribution is -2.11. The molecule has 0 saturated heterocycles. The molecule has 0 heterocycles. The van der Waals surface area contributed by atoms with E-state index in [9.17, 15) is 0 Å². The minimum absolute atomic E-state index is 0.330. The fourth-order valence-corrected chi connectivity index (χ4v) is 1.96. The Morgan fingerprint density at radius 2 is 1.79 bits per heavy atom. The second kappa shape index (κ2) is 6.09. The normalized spacial score (nSPS) is 12.2. The van der Waals surface area contributed by atoms with Gasteiger partial charge >= 0.3 is 0 Å². The summed E-state index contributed by atoms with van der Waals surface area (Å²) in [5.41, 5.74) is 2.35. The highest BCUT2D eigenvalue weighted by molar-refractivity contribution is 6.32. The van der Waals surface area contributed by atoms with E-state index in [-0.39, 0.29) is 0 Å². The number of hydrogen-bond donors (Lipinski definition) is 1. The Morgan fingerprint density at radius 1 is 1.11 bits per heavy atom. The SMILES string of the molecule is CNC(C)c1ccc(Oc2cc(C)ccc2Cl)cc1. The first-order valence-electron chi connectivity index (χ1n) is 6.31. The van der Waals surface area contributed by atoms with Gasteiger partial charge in [0.15, 0.2) is 0 Å². The molecule has 2 aromatic carbocycles. The van der Waals surface area contributed by atoms with Crippen LogP contribution in [0.15, 0.2) is 42.5 Å². The van der Waals surface area contributed by atoms with E-state index in [0.29, 0.717) is 16.8 Å². The molecule has 2 rings (SSSR count). The van der Waals surface area contributed by atoms with Crippen molar-refractivity contribution >= 4 is 11.6 Å². The topological polar surface area (TPSA) is 21.3 Å². The summed E-state index contributed by atoms with van der Waals surface area (Å²) in [7, 11) is 1.95. The van der Waals surface area contributed by atoms with Gasteiger partial charge in [-0.25, -0.2) is 0 Å². The summed E-state index contributed by atoms with van der Waals surface area (Å²) in [5.74, 6) is 1.48. The van der Waals surface area contributed by atoms with Crippen molar-refractivity contribution in [3.63, 3.8) is 0 Å². The van der Waals surface area contributed by atoms with Crippen LogP contribution in [0.25, 0.3) is 0 Å². The number of aryl methyl sites for hydroxylation is 1. The van der Waals surface area contributed by atoms with Crippen molar-refractivity contribution in [2.24, 2.45) is 0 Å². The zero-order chi connectivity index (χ0) is 13.8. The number of benzene rings is 2. The van der Waals surface area contributed by atoms with E-state index in [4.69, 9.17) is 16.3 Å². The first-order chi connectivity index (χ1) is 9.10. The number of hydrogen-bond acceptors (Lipinski definition) is 2. The molecule has 1 atom stereocenters. The average Bonchev–Trinajstić information content (AvgIpc) is 2.43. The van der Waals surface area contributed by atoms with Gasteiger partial charge in [-0.1, -0.05) is 29.8 Å². The minimum Gasteiger partial charge on any atom is -0.456 e. The molecule has 0 amide bonds. The molecule has 1 unspecified atom stereocenters. The molecule has 0 aliphatic heterocycles. The highest BCUT2D eigenvalue weighted by Crippen LogP contribution is 2.30. The smallest absolute Gasteiger partial charge is 0.146 e. The minimum atomic E-state index is 0.330. The number of rotatable bonds is 4. The van der Waals surface area contributed by atoms with Gasteiger partial charge in [0.05, 0.1) is 5.02 Å². The van der Waals surface area contributed by atoms with E-state index in [0.717, 1.165) is 11.3 Å². The van der Waals surface area contributed by atoms with Gasteiger partial charge in [0.1, 0.15) is 11.5 Å². The molecule has 2 aromatic rings. The maximum atomic E-state index is 6.12. The molecular formula is C16H18ClNO. The molecule has 3 heteroatoms. The van der Waals surface area contributed by atoms with Gasteiger partial charge in [0.25, 0.3) is 0 Å². The Morgan fingerprint density at radius 3 is 2.42 bits per heavy atom. The van der Waals surface area contributed by atoms with E-state index in [1.165, 1.54) is 5.56 Å². The predicted molar refractivity (Wildman–Crippen MR) is 80.2 cm³/mol. The molecule has 0 radical (unpaired) electrons. The summed E-state index contributed by atoms with van der Waals surface area (Å²) in [6.45, 7) is 4.13. The number of halogens is 1. The molecule has 0 saturated carbocycles. The number of nitrogens with one attached hydrogen (secondary N) is 1. The Labute approximate surface area is 119 Å². The van der Waals surface area contributed by atoms with Crippen LogP contribution in [0.3, 0.4) is 0 Å². The van der Waals surface area contributed by atoms with Gasteiger partial charge in [-0.05, 0) is 56.3 Å². The van der Waals surface area contributed by atoms with Gasteiger partial charge in [-0.15, -0.1) is 0 Å². The largest absolute Gasteiger partial charge is 0.456 e. The van der Waals surface area contributed by atoms with Crippen molar-refractivity contribution in [1.29, 1.82) is 0 Å². The van der Waals surface area contributed by atoms with Crippen LogP contribution in [0, 0.1) is 6.92 Å². The van der Waals surface area contributed by atoms with Gasteiger partial charge < -0.3 is 10.1 Å². The second-order valence-corrected chi connectivity index (χ2v) is 5.02. The molecular weight excluding hydrogens is 258 g/mol. The summed E-state index contributed by atoms with van der Waals surface area (Å²) in [4.78, 5) is 0. The summed E-state index contributed by atoms with van der Waals surface area (Å²) < 4.78 is 5.81. The molecule has 19 heavy (non-hydrogen) atoms. The summed E-state index contributed by atoms with van der Waals surface area (Å²) in [6.07, 6.45) is 0. The third-order valence-electron chi connectivity index (χ3n) is 3.13. The van der Waals surface area contributed by atoms with Crippen LogP contribution in [-0.2, 0) is 0 Å². The van der Waals surface area contributed by atoms with E-state index in [1.54, 1.807) is 0 Å². The fourth-order valence-electron chi connectivity index (χ4n) is 1.81. The van der Waals surface area contributed by atoms with Gasteiger partial charge in [-0.2, -0.15) is 0 Å². The Kier molecular flexibility index (Phi) is 4.46. The molecule has 0 spiro atoms. The molecule has 1 N–H and O–H groups in total. The van der Waals surface area contributed by atoms with Crippen LogP contribution in [-0.4, -0.2) is 7.05 Å². The van der Waals surface area contributed by atoms with Crippen LogP contribution in [0.2, 0.25) is 5.02 Å². The van der Waals surface area contributed by atoms with Crippen LogP contribution in [0.5, 0.6) is 11.5 Å². The van der Waals surface area contributed by atoms with Crippen molar-refractivity contribution in [3.05, 3.63) is 58.6 Å². The van der Waals surface area contributed by atoms with Crippen LogP contribution in [0.1, 0.15) is 24.1 Å². The van der Waals surface area contributed by atoms with Crippen molar-refractivity contribution in [2.45, 2.75) is 19.9 Å². The van der Waals surface area contributed by atoms with Crippen LogP contribution in [0.4, 0.5) is 0 Å². The Hall–Kier alpha value is -1.51.